The van der Waals surface area contributed by atoms with E-state index in [0.29, 0.717) is 53.7 Å². The summed E-state index contributed by atoms with van der Waals surface area (Å²) in [5.74, 6) is 1.10. The summed E-state index contributed by atoms with van der Waals surface area (Å²) in [5, 5.41) is 6.90. The van der Waals surface area contributed by atoms with Crippen LogP contribution >= 0.6 is 0 Å². The van der Waals surface area contributed by atoms with E-state index in [0.717, 1.165) is 11.3 Å². The minimum atomic E-state index is -0.296. The average molecular weight is 546 g/mol. The highest BCUT2D eigenvalue weighted by Crippen LogP contribution is 2.33. The summed E-state index contributed by atoms with van der Waals surface area (Å²) < 4.78 is 30.2. The van der Waals surface area contributed by atoms with Crippen molar-refractivity contribution in [3.05, 3.63) is 90.5 Å². The predicted octanol–water partition coefficient (Wildman–Crippen LogP) is 5.17. The smallest absolute Gasteiger partial charge is 0.248 e. The van der Waals surface area contributed by atoms with Crippen LogP contribution in [0, 0.1) is 5.82 Å². The Hall–Kier alpha value is -4.54. The third-order valence-corrected chi connectivity index (χ3v) is 5.69. The molecule has 40 heavy (non-hydrogen) atoms. The van der Waals surface area contributed by atoms with E-state index in [2.05, 4.69) is 20.6 Å². The minimum Gasteiger partial charge on any atom is -0.489 e. The Morgan fingerprint density at radius 2 is 1.85 bits per heavy atom. The fourth-order valence-corrected chi connectivity index (χ4v) is 3.75. The summed E-state index contributed by atoms with van der Waals surface area (Å²) >= 11 is 0. The van der Waals surface area contributed by atoms with Gasteiger partial charge < -0.3 is 29.7 Å². The number of rotatable bonds is 13. The summed E-state index contributed by atoms with van der Waals surface area (Å²) in [4.78, 5) is 23.4. The molecule has 208 valence electrons. The number of nitrogens with one attached hydrogen (secondary N) is 2. The van der Waals surface area contributed by atoms with Gasteiger partial charge in [0, 0.05) is 36.9 Å². The molecule has 0 aliphatic carbocycles. The number of anilines is 3. The molecule has 4 rings (SSSR count). The van der Waals surface area contributed by atoms with E-state index in [-0.39, 0.29) is 18.3 Å². The van der Waals surface area contributed by atoms with E-state index in [4.69, 9.17) is 14.2 Å². The number of ether oxygens (including phenoxy) is 3. The lowest BCUT2D eigenvalue weighted by Crippen LogP contribution is -2.14. The predicted molar refractivity (Wildman–Crippen MR) is 154 cm³/mol. The summed E-state index contributed by atoms with van der Waals surface area (Å²) in [6.07, 6.45) is 4.73. The van der Waals surface area contributed by atoms with Gasteiger partial charge in [0.15, 0.2) is 0 Å². The second-order valence-corrected chi connectivity index (χ2v) is 9.15. The molecule has 2 N–H and O–H groups in total. The first kappa shape index (κ1) is 28.5. The molecule has 0 fully saturated rings. The SMILES string of the molecule is COCCOc1cc2ncnc(Nc3ccc(OCc4cccc(F)c4)cc3)c2cc1NC(=O)/C=C/CN(C)C. The topological polar surface area (TPSA) is 97.8 Å². The highest BCUT2D eigenvalue weighted by molar-refractivity contribution is 6.03. The Balaban J connectivity index is 1.53. The Morgan fingerprint density at radius 3 is 2.60 bits per heavy atom. The van der Waals surface area contributed by atoms with Crippen molar-refractivity contribution in [2.75, 3.05) is 51.6 Å². The first-order chi connectivity index (χ1) is 19.4. The standard InChI is InChI=1S/C30H32FN5O4/c1-36(2)13-5-8-29(37)35-27-17-25-26(18-28(27)39-15-14-38-3)32-20-33-30(25)34-23-9-11-24(12-10-23)40-19-21-6-4-7-22(31)16-21/h4-12,16-18,20H,13-15,19H2,1-3H3,(H,35,37)(H,32,33,34)/b8-5+. The fourth-order valence-electron chi connectivity index (χ4n) is 3.75. The number of hydrogen-bond donors (Lipinski definition) is 2. The number of likely N-dealkylation sites (N-methyl/N-ethyl adjacent to an activating group) is 1. The maximum atomic E-state index is 13.4. The monoisotopic (exact) mass is 545 g/mol. The van der Waals surface area contributed by atoms with Crippen LogP contribution in [-0.2, 0) is 16.1 Å². The number of carbonyl (C=O) groups is 1. The highest BCUT2D eigenvalue weighted by Gasteiger charge is 2.13. The molecule has 4 aromatic rings. The van der Waals surface area contributed by atoms with E-state index >= 15 is 0 Å². The fraction of sp³-hybridized carbons (Fsp3) is 0.233. The lowest BCUT2D eigenvalue weighted by Gasteiger charge is -2.15. The molecule has 0 atom stereocenters. The molecule has 0 saturated heterocycles. The molecule has 0 bridgehead atoms. The molecule has 0 unspecified atom stereocenters. The van der Waals surface area contributed by atoms with E-state index in [9.17, 15) is 9.18 Å². The minimum absolute atomic E-state index is 0.259. The van der Waals surface area contributed by atoms with E-state index in [1.807, 2.05) is 49.3 Å². The molecule has 1 aromatic heterocycles. The number of benzene rings is 3. The Labute approximate surface area is 232 Å². The molecule has 0 saturated carbocycles. The maximum Gasteiger partial charge on any atom is 0.248 e. The molecule has 0 aliphatic rings. The van der Waals surface area contributed by atoms with Crippen LogP contribution in [0.3, 0.4) is 0 Å². The van der Waals surface area contributed by atoms with Crippen molar-refractivity contribution < 1.29 is 23.4 Å². The van der Waals surface area contributed by atoms with Crippen molar-refractivity contribution in [1.29, 1.82) is 0 Å². The van der Waals surface area contributed by atoms with Crippen LogP contribution in [0.5, 0.6) is 11.5 Å². The molecule has 3 aromatic carbocycles. The number of hydrogen-bond acceptors (Lipinski definition) is 8. The highest BCUT2D eigenvalue weighted by atomic mass is 19.1. The molecule has 0 aliphatic heterocycles. The normalized spacial score (nSPS) is 11.2. The lowest BCUT2D eigenvalue weighted by atomic mass is 10.1. The number of aromatic nitrogens is 2. The number of fused-ring (bicyclic) bond motifs is 1. The van der Waals surface area contributed by atoms with E-state index < -0.39 is 0 Å². The van der Waals surface area contributed by atoms with Crippen molar-refractivity contribution in [1.82, 2.24) is 14.9 Å². The Kier molecular flexibility index (Phi) is 9.98. The molecule has 0 spiro atoms. The molecule has 1 heterocycles. The summed E-state index contributed by atoms with van der Waals surface area (Å²) in [7, 11) is 5.45. The van der Waals surface area contributed by atoms with Crippen molar-refractivity contribution in [2.45, 2.75) is 6.61 Å². The first-order valence-corrected chi connectivity index (χ1v) is 12.7. The zero-order chi connectivity index (χ0) is 28.3. The molecular formula is C30H32FN5O4. The Bertz CT molecular complexity index is 1460. The second kappa shape index (κ2) is 14.0. The van der Waals surface area contributed by atoms with Crippen molar-refractivity contribution in [3.8, 4) is 11.5 Å². The quantitative estimate of drug-likeness (QED) is 0.175. The van der Waals surface area contributed by atoms with E-state index in [1.54, 1.807) is 31.4 Å². The van der Waals surface area contributed by atoms with Crippen LogP contribution in [0.15, 0.2) is 79.1 Å². The lowest BCUT2D eigenvalue weighted by molar-refractivity contribution is -0.111. The van der Waals surface area contributed by atoms with Crippen LogP contribution in [-0.4, -0.2) is 61.7 Å². The number of amides is 1. The van der Waals surface area contributed by atoms with Crippen molar-refractivity contribution in [3.63, 3.8) is 0 Å². The average Bonchev–Trinajstić information content (AvgIpc) is 2.93. The first-order valence-electron chi connectivity index (χ1n) is 12.7. The number of halogens is 1. The van der Waals surface area contributed by atoms with Crippen LogP contribution in [0.2, 0.25) is 0 Å². The van der Waals surface area contributed by atoms with Crippen molar-refractivity contribution in [2.24, 2.45) is 0 Å². The van der Waals surface area contributed by atoms with Gasteiger partial charge in [-0.05, 0) is 62.1 Å². The molecule has 0 radical (unpaired) electrons. The van der Waals surface area contributed by atoms with Gasteiger partial charge >= 0.3 is 0 Å². The van der Waals surface area contributed by atoms with Gasteiger partial charge in [0.25, 0.3) is 0 Å². The van der Waals surface area contributed by atoms with Gasteiger partial charge in [0.05, 0.1) is 17.8 Å². The van der Waals surface area contributed by atoms with Gasteiger partial charge in [-0.1, -0.05) is 18.2 Å². The van der Waals surface area contributed by atoms with Crippen LogP contribution in [0.1, 0.15) is 5.56 Å². The van der Waals surface area contributed by atoms with Gasteiger partial charge in [0.1, 0.15) is 42.7 Å². The summed E-state index contributed by atoms with van der Waals surface area (Å²) in [5.41, 5.74) is 2.65. The van der Waals surface area contributed by atoms with Gasteiger partial charge in [-0.3, -0.25) is 4.79 Å². The maximum absolute atomic E-state index is 13.4. The van der Waals surface area contributed by atoms with Crippen LogP contribution in [0.25, 0.3) is 10.9 Å². The summed E-state index contributed by atoms with van der Waals surface area (Å²) in [6.45, 7) is 1.60. The van der Waals surface area contributed by atoms with Gasteiger partial charge in [-0.2, -0.15) is 0 Å². The molecule has 10 heteroatoms. The molecule has 9 nitrogen and oxygen atoms in total. The molecular weight excluding hydrogens is 513 g/mol. The third-order valence-electron chi connectivity index (χ3n) is 5.69. The number of nitrogens with zero attached hydrogens (tertiary/aromatic N) is 3. The third kappa shape index (κ3) is 8.23. The molecule has 1 amide bonds. The second-order valence-electron chi connectivity index (χ2n) is 9.15. The number of methoxy groups -OCH3 is 1. The van der Waals surface area contributed by atoms with Crippen molar-refractivity contribution >= 4 is 34.0 Å². The largest absolute Gasteiger partial charge is 0.489 e. The van der Waals surface area contributed by atoms with Gasteiger partial charge in [0.2, 0.25) is 5.91 Å². The zero-order valence-electron chi connectivity index (χ0n) is 22.7. The number of carbonyl (C=O) groups excluding carboxylic acids is 1. The van der Waals surface area contributed by atoms with Gasteiger partial charge in [-0.25, -0.2) is 14.4 Å². The van der Waals surface area contributed by atoms with Crippen LogP contribution in [0.4, 0.5) is 21.6 Å². The van der Waals surface area contributed by atoms with E-state index in [1.165, 1.54) is 24.5 Å². The Morgan fingerprint density at radius 1 is 1.02 bits per heavy atom. The summed E-state index contributed by atoms with van der Waals surface area (Å²) in [6, 6.07) is 17.2. The van der Waals surface area contributed by atoms with Crippen LogP contribution < -0.4 is 20.1 Å². The zero-order valence-corrected chi connectivity index (χ0v) is 22.7. The van der Waals surface area contributed by atoms with Gasteiger partial charge in [-0.15, -0.1) is 0 Å².